The smallest absolute Gasteiger partial charge is 0.164 e. The van der Waals surface area contributed by atoms with Gasteiger partial charge in [0.15, 0.2) is 17.5 Å². The van der Waals surface area contributed by atoms with Crippen LogP contribution in [-0.4, -0.2) is 29.9 Å². The highest BCUT2D eigenvalue weighted by atomic mass is 32.1. The van der Waals surface area contributed by atoms with Crippen LogP contribution in [0.3, 0.4) is 0 Å². The Hall–Kier alpha value is -7.74. The predicted octanol–water partition coefficient (Wildman–Crippen LogP) is 13.2. The molecule has 0 saturated heterocycles. The van der Waals surface area contributed by atoms with E-state index in [1.54, 1.807) is 11.3 Å². The second-order valence-corrected chi connectivity index (χ2v) is 15.4. The lowest BCUT2D eigenvalue weighted by Crippen LogP contribution is -2.00. The molecule has 0 aliphatic rings. The van der Waals surface area contributed by atoms with Gasteiger partial charge in [-0.3, -0.25) is 9.97 Å². The molecule has 0 atom stereocenters. The zero-order valence-corrected chi connectivity index (χ0v) is 32.4. The van der Waals surface area contributed by atoms with Gasteiger partial charge in [0, 0.05) is 84.1 Å². The van der Waals surface area contributed by atoms with Crippen LogP contribution in [0.5, 0.6) is 0 Å². The van der Waals surface area contributed by atoms with Crippen LogP contribution in [0.1, 0.15) is 0 Å². The number of nitrogens with zero attached hydrogens (tertiary/aromatic N) is 6. The Morgan fingerprint density at radius 2 is 0.915 bits per heavy atom. The van der Waals surface area contributed by atoms with Crippen LogP contribution in [-0.2, 0) is 0 Å². The maximum Gasteiger partial charge on any atom is 0.164 e. The lowest BCUT2D eigenvalue weighted by molar-refractivity contribution is 1.07. The van der Waals surface area contributed by atoms with Crippen LogP contribution in [0.4, 0.5) is 0 Å². The predicted molar refractivity (Wildman–Crippen MR) is 242 cm³/mol. The van der Waals surface area contributed by atoms with Crippen molar-refractivity contribution in [2.45, 2.75) is 0 Å². The first-order chi connectivity index (χ1) is 29.2. The molecule has 5 aromatic heterocycles. The highest BCUT2D eigenvalue weighted by Gasteiger charge is 2.23. The molecular weight excluding hydrogens is 741 g/mol. The quantitative estimate of drug-likeness (QED) is 0.161. The Balaban J connectivity index is 1.07. The first-order valence-electron chi connectivity index (χ1n) is 19.4. The molecule has 0 aliphatic heterocycles. The maximum atomic E-state index is 5.55. The molecule has 0 fully saturated rings. The van der Waals surface area contributed by atoms with Crippen molar-refractivity contribution in [3.63, 3.8) is 0 Å². The van der Waals surface area contributed by atoms with Crippen molar-refractivity contribution in [2.75, 3.05) is 0 Å². The Labute approximate surface area is 344 Å². The third-order valence-electron chi connectivity index (χ3n) is 10.7. The summed E-state index contributed by atoms with van der Waals surface area (Å²) in [5.74, 6) is 1.90. The third-order valence-corrected chi connectivity index (χ3v) is 12.0. The monoisotopic (exact) mass is 772 g/mol. The van der Waals surface area contributed by atoms with E-state index >= 15 is 0 Å². The van der Waals surface area contributed by atoms with E-state index in [0.717, 1.165) is 76.9 Å². The Morgan fingerprint density at radius 3 is 1.56 bits per heavy atom. The molecule has 0 spiro atoms. The number of hydrogen-bond acceptors (Lipinski definition) is 7. The van der Waals surface area contributed by atoms with E-state index in [1.807, 2.05) is 97.6 Å². The summed E-state index contributed by atoms with van der Waals surface area (Å²) in [4.78, 5) is 30.5. The molecule has 0 N–H and O–H groups in total. The standard InChI is InChI=1S/C52H32N6S/c1-3-12-35(13-4-1)50-56-51(36-14-5-2-6-15-36)58-52(57-50)37-22-19-34(20-23-37)39-25-26-43-44(30-39)55-47(40-24-21-33-11-7-8-16-38(33)29-40)46-45(41-17-9-27-53-31-41)48(59-49(43)46)42-18-10-28-54-32-42/h1-32H. The van der Waals surface area contributed by atoms with Crippen molar-refractivity contribution in [1.82, 2.24) is 29.9 Å². The molecule has 6 nitrogen and oxygen atoms in total. The van der Waals surface area contributed by atoms with E-state index in [9.17, 15) is 0 Å². The SMILES string of the molecule is c1ccc(-c2nc(-c3ccccc3)nc(-c3ccc(-c4ccc5c(c4)nc(-c4ccc6ccccc6c4)c4c(-c6cccnc6)c(-c6cccnc6)sc45)cc3)n2)cc1. The first kappa shape index (κ1) is 34.5. The minimum atomic E-state index is 0.624. The number of rotatable bonds is 7. The minimum absolute atomic E-state index is 0.624. The Kier molecular flexibility index (Phi) is 8.56. The Morgan fingerprint density at radius 1 is 0.373 bits per heavy atom. The van der Waals surface area contributed by atoms with Gasteiger partial charge in [-0.1, -0.05) is 146 Å². The molecule has 7 heteroatoms. The van der Waals surface area contributed by atoms with E-state index in [1.165, 1.54) is 15.5 Å². The highest BCUT2D eigenvalue weighted by molar-refractivity contribution is 7.24. The van der Waals surface area contributed by atoms with Crippen molar-refractivity contribution in [2.24, 2.45) is 0 Å². The number of fused-ring (bicyclic) bond motifs is 4. The fraction of sp³-hybridized carbons (Fsp3) is 0. The zero-order chi connectivity index (χ0) is 39.1. The second-order valence-electron chi connectivity index (χ2n) is 14.4. The Bertz CT molecular complexity index is 3240. The van der Waals surface area contributed by atoms with E-state index < -0.39 is 0 Å². The molecule has 59 heavy (non-hydrogen) atoms. The second kappa shape index (κ2) is 14.6. The van der Waals surface area contributed by atoms with Crippen molar-refractivity contribution in [1.29, 1.82) is 0 Å². The van der Waals surface area contributed by atoms with Gasteiger partial charge in [0.05, 0.1) is 11.2 Å². The average molecular weight is 773 g/mol. The van der Waals surface area contributed by atoms with E-state index in [0.29, 0.717) is 17.5 Å². The fourth-order valence-corrected chi connectivity index (χ4v) is 9.15. The average Bonchev–Trinajstić information content (AvgIpc) is 3.73. The molecule has 6 aromatic carbocycles. The summed E-state index contributed by atoms with van der Waals surface area (Å²) in [6.07, 6.45) is 7.53. The lowest BCUT2D eigenvalue weighted by atomic mass is 9.94. The van der Waals surface area contributed by atoms with Gasteiger partial charge in [0.1, 0.15) is 0 Å². The van der Waals surface area contributed by atoms with Crippen LogP contribution in [0.2, 0.25) is 0 Å². The number of thiophene rings is 1. The minimum Gasteiger partial charge on any atom is -0.264 e. The van der Waals surface area contributed by atoms with Gasteiger partial charge >= 0.3 is 0 Å². The number of benzene rings is 6. The summed E-state index contributed by atoms with van der Waals surface area (Å²) in [5, 5.41) is 4.58. The summed E-state index contributed by atoms with van der Waals surface area (Å²) in [7, 11) is 0. The van der Waals surface area contributed by atoms with Crippen LogP contribution >= 0.6 is 11.3 Å². The summed E-state index contributed by atoms with van der Waals surface area (Å²) in [6.45, 7) is 0. The number of aromatic nitrogens is 6. The molecule has 11 rings (SSSR count). The molecule has 0 saturated carbocycles. The van der Waals surface area contributed by atoms with Gasteiger partial charge in [-0.15, -0.1) is 11.3 Å². The molecule has 5 heterocycles. The summed E-state index contributed by atoms with van der Waals surface area (Å²) in [5.41, 5.74) is 11.1. The normalized spacial score (nSPS) is 11.4. The van der Waals surface area contributed by atoms with Gasteiger partial charge in [0.25, 0.3) is 0 Å². The lowest BCUT2D eigenvalue weighted by Gasteiger charge is -2.12. The van der Waals surface area contributed by atoms with Crippen molar-refractivity contribution in [3.8, 4) is 78.1 Å². The molecule has 0 bridgehead atoms. The first-order valence-corrected chi connectivity index (χ1v) is 20.2. The van der Waals surface area contributed by atoms with Gasteiger partial charge in [-0.05, 0) is 46.2 Å². The van der Waals surface area contributed by atoms with Gasteiger partial charge in [-0.25, -0.2) is 19.9 Å². The van der Waals surface area contributed by atoms with Crippen LogP contribution in [0.25, 0.3) is 110 Å². The number of pyridine rings is 3. The fourth-order valence-electron chi connectivity index (χ4n) is 7.80. The molecule has 0 aliphatic carbocycles. The molecule has 0 radical (unpaired) electrons. The van der Waals surface area contributed by atoms with Crippen LogP contribution in [0, 0.1) is 0 Å². The van der Waals surface area contributed by atoms with E-state index in [2.05, 4.69) is 107 Å². The van der Waals surface area contributed by atoms with Gasteiger partial charge < -0.3 is 0 Å². The summed E-state index contributed by atoms with van der Waals surface area (Å²) < 4.78 is 1.18. The van der Waals surface area contributed by atoms with E-state index in [4.69, 9.17) is 19.9 Å². The highest BCUT2D eigenvalue weighted by Crippen LogP contribution is 2.50. The summed E-state index contributed by atoms with van der Waals surface area (Å²) >= 11 is 1.79. The van der Waals surface area contributed by atoms with Gasteiger partial charge in [-0.2, -0.15) is 0 Å². The zero-order valence-electron chi connectivity index (χ0n) is 31.6. The van der Waals surface area contributed by atoms with Crippen molar-refractivity contribution < 1.29 is 0 Å². The molecule has 0 amide bonds. The topological polar surface area (TPSA) is 77.3 Å². The van der Waals surface area contributed by atoms with Crippen LogP contribution in [0.15, 0.2) is 195 Å². The van der Waals surface area contributed by atoms with E-state index in [-0.39, 0.29) is 0 Å². The molecular formula is C52H32N6S. The van der Waals surface area contributed by atoms with Crippen LogP contribution < -0.4 is 0 Å². The summed E-state index contributed by atoms with van der Waals surface area (Å²) in [6, 6.07) is 58.6. The van der Waals surface area contributed by atoms with Gasteiger partial charge in [0.2, 0.25) is 0 Å². The molecule has 0 unspecified atom stereocenters. The largest absolute Gasteiger partial charge is 0.264 e. The third kappa shape index (κ3) is 6.40. The van der Waals surface area contributed by atoms with Crippen molar-refractivity contribution in [3.05, 3.63) is 195 Å². The number of hydrogen-bond donors (Lipinski definition) is 0. The molecule has 276 valence electrons. The molecule has 11 aromatic rings. The maximum absolute atomic E-state index is 5.55. The van der Waals surface area contributed by atoms with Crippen molar-refractivity contribution >= 4 is 43.1 Å².